The van der Waals surface area contributed by atoms with Crippen LogP contribution in [-0.2, 0) is 6.42 Å². The number of hydrogen-bond acceptors (Lipinski definition) is 1. The lowest BCUT2D eigenvalue weighted by atomic mass is 10.1. The maximum atomic E-state index is 5.15. The van der Waals surface area contributed by atoms with Gasteiger partial charge in [0.1, 0.15) is 5.75 Å². The summed E-state index contributed by atoms with van der Waals surface area (Å²) in [5.74, 6) is 0.922. The molecule has 1 heteroatoms. The Morgan fingerprint density at radius 2 is 1.50 bits per heavy atom. The first-order valence-electron chi connectivity index (χ1n) is 7.79. The Hall–Kier alpha value is -1.50. The first kappa shape index (κ1) is 16.6. The number of rotatable bonds is 10. The van der Waals surface area contributed by atoms with Gasteiger partial charge in [-0.1, -0.05) is 56.2 Å². The first-order valence-corrected chi connectivity index (χ1v) is 7.79. The molecule has 0 aliphatic heterocycles. The van der Waals surface area contributed by atoms with Crippen molar-refractivity contribution >= 4 is 0 Å². The van der Waals surface area contributed by atoms with E-state index in [1.165, 1.54) is 31.2 Å². The molecule has 0 fully saturated rings. The van der Waals surface area contributed by atoms with E-state index >= 15 is 0 Å². The van der Waals surface area contributed by atoms with Crippen LogP contribution in [0.15, 0.2) is 48.6 Å². The highest BCUT2D eigenvalue weighted by molar-refractivity contribution is 5.28. The summed E-state index contributed by atoms with van der Waals surface area (Å²) in [6.45, 7) is 2.25. The van der Waals surface area contributed by atoms with Crippen molar-refractivity contribution in [2.24, 2.45) is 0 Å². The van der Waals surface area contributed by atoms with E-state index in [-0.39, 0.29) is 0 Å². The fourth-order valence-electron chi connectivity index (χ4n) is 2.04. The summed E-state index contributed by atoms with van der Waals surface area (Å²) in [7, 11) is 1.70. The Labute approximate surface area is 124 Å². The average molecular weight is 272 g/mol. The van der Waals surface area contributed by atoms with Crippen LogP contribution in [0, 0.1) is 0 Å². The Bertz CT molecular complexity index is 387. The molecule has 0 radical (unpaired) electrons. The molecule has 1 aromatic rings. The predicted octanol–water partition coefficient (Wildman–Crippen LogP) is 5.71. The molecule has 0 N–H and O–H groups in total. The zero-order valence-electron chi connectivity index (χ0n) is 13.0. The number of benzene rings is 1. The Morgan fingerprint density at radius 1 is 0.850 bits per heavy atom. The second kappa shape index (κ2) is 11.3. The van der Waals surface area contributed by atoms with Crippen LogP contribution in [0.25, 0.3) is 0 Å². The predicted molar refractivity (Wildman–Crippen MR) is 88.4 cm³/mol. The molecular formula is C19H28O. The van der Waals surface area contributed by atoms with Crippen molar-refractivity contribution in [3.63, 3.8) is 0 Å². The summed E-state index contributed by atoms with van der Waals surface area (Å²) >= 11 is 0. The number of unbranched alkanes of at least 4 members (excludes halogenated alkanes) is 4. The third kappa shape index (κ3) is 7.83. The molecule has 0 aliphatic rings. The third-order valence-electron chi connectivity index (χ3n) is 3.32. The molecule has 110 valence electrons. The van der Waals surface area contributed by atoms with Gasteiger partial charge in [0.2, 0.25) is 0 Å². The van der Waals surface area contributed by atoms with Gasteiger partial charge in [-0.2, -0.15) is 0 Å². The van der Waals surface area contributed by atoms with Crippen molar-refractivity contribution in [1.82, 2.24) is 0 Å². The standard InChI is InChI=1S/C19H28O/c1-3-4-5-6-7-8-9-10-11-12-13-18-14-16-19(20-2)17-15-18/h7-8,11-12,14-17H,3-6,9-10,13H2,1-2H3/b8-7+,12-11?. The van der Waals surface area contributed by atoms with Gasteiger partial charge >= 0.3 is 0 Å². The van der Waals surface area contributed by atoms with Gasteiger partial charge in [0.05, 0.1) is 7.11 Å². The van der Waals surface area contributed by atoms with Crippen LogP contribution in [0.2, 0.25) is 0 Å². The van der Waals surface area contributed by atoms with Crippen molar-refractivity contribution in [3.8, 4) is 5.75 Å². The summed E-state index contributed by atoms with van der Waals surface area (Å²) in [5.41, 5.74) is 1.33. The van der Waals surface area contributed by atoms with Crippen LogP contribution in [0.1, 0.15) is 51.0 Å². The SMILES string of the molecule is CCCCC/C=C/CCC=CCc1ccc(OC)cc1. The van der Waals surface area contributed by atoms with Crippen LogP contribution in [-0.4, -0.2) is 7.11 Å². The smallest absolute Gasteiger partial charge is 0.118 e. The summed E-state index contributed by atoms with van der Waals surface area (Å²) in [6.07, 6.45) is 17.7. The second-order valence-electron chi connectivity index (χ2n) is 5.07. The van der Waals surface area contributed by atoms with E-state index in [0.717, 1.165) is 25.0 Å². The molecule has 1 rings (SSSR count). The van der Waals surface area contributed by atoms with Crippen molar-refractivity contribution in [2.45, 2.75) is 51.9 Å². The number of allylic oxidation sites excluding steroid dienone is 4. The lowest BCUT2D eigenvalue weighted by molar-refractivity contribution is 0.414. The van der Waals surface area contributed by atoms with Gasteiger partial charge in [0, 0.05) is 0 Å². The van der Waals surface area contributed by atoms with Gasteiger partial charge in [-0.25, -0.2) is 0 Å². The van der Waals surface area contributed by atoms with Crippen LogP contribution in [0.4, 0.5) is 0 Å². The molecule has 0 atom stereocenters. The van der Waals surface area contributed by atoms with E-state index < -0.39 is 0 Å². The summed E-state index contributed by atoms with van der Waals surface area (Å²) in [6, 6.07) is 8.28. The lowest BCUT2D eigenvalue weighted by Crippen LogP contribution is -1.84. The van der Waals surface area contributed by atoms with Crippen LogP contribution in [0.3, 0.4) is 0 Å². The van der Waals surface area contributed by atoms with Gasteiger partial charge in [-0.3, -0.25) is 0 Å². The Morgan fingerprint density at radius 3 is 2.15 bits per heavy atom. The molecule has 0 unspecified atom stereocenters. The molecule has 0 bridgehead atoms. The van der Waals surface area contributed by atoms with E-state index in [9.17, 15) is 0 Å². The minimum atomic E-state index is 0.922. The molecule has 1 aromatic carbocycles. The van der Waals surface area contributed by atoms with E-state index in [1.54, 1.807) is 7.11 Å². The topological polar surface area (TPSA) is 9.23 Å². The van der Waals surface area contributed by atoms with Crippen LogP contribution < -0.4 is 4.74 Å². The molecule has 1 nitrogen and oxygen atoms in total. The summed E-state index contributed by atoms with van der Waals surface area (Å²) in [4.78, 5) is 0. The summed E-state index contributed by atoms with van der Waals surface area (Å²) < 4.78 is 5.15. The highest BCUT2D eigenvalue weighted by atomic mass is 16.5. The minimum Gasteiger partial charge on any atom is -0.497 e. The molecule has 0 saturated carbocycles. The Balaban J connectivity index is 2.09. The Kier molecular flexibility index (Phi) is 9.38. The molecule has 0 spiro atoms. The molecule has 0 amide bonds. The highest BCUT2D eigenvalue weighted by Gasteiger charge is 1.91. The summed E-state index contributed by atoms with van der Waals surface area (Å²) in [5, 5.41) is 0. The molecule has 0 heterocycles. The molecule has 0 aliphatic carbocycles. The molecule has 20 heavy (non-hydrogen) atoms. The van der Waals surface area contributed by atoms with E-state index in [4.69, 9.17) is 4.74 Å². The van der Waals surface area contributed by atoms with E-state index in [1.807, 2.05) is 12.1 Å². The van der Waals surface area contributed by atoms with Crippen molar-refractivity contribution in [1.29, 1.82) is 0 Å². The normalized spacial score (nSPS) is 11.5. The molecule has 0 saturated heterocycles. The minimum absolute atomic E-state index is 0.922. The first-order chi connectivity index (χ1) is 9.86. The van der Waals surface area contributed by atoms with Crippen molar-refractivity contribution < 1.29 is 4.74 Å². The highest BCUT2D eigenvalue weighted by Crippen LogP contribution is 2.12. The van der Waals surface area contributed by atoms with Gasteiger partial charge in [0.25, 0.3) is 0 Å². The molecular weight excluding hydrogens is 244 g/mol. The number of ether oxygens (including phenoxy) is 1. The van der Waals surface area contributed by atoms with E-state index in [2.05, 4.69) is 43.4 Å². The fraction of sp³-hybridized carbons (Fsp3) is 0.474. The molecule has 0 aromatic heterocycles. The average Bonchev–Trinajstić information content (AvgIpc) is 2.50. The number of hydrogen-bond donors (Lipinski definition) is 0. The van der Waals surface area contributed by atoms with Crippen LogP contribution in [0.5, 0.6) is 5.75 Å². The van der Waals surface area contributed by atoms with Gasteiger partial charge in [0.15, 0.2) is 0 Å². The number of methoxy groups -OCH3 is 1. The monoisotopic (exact) mass is 272 g/mol. The zero-order valence-corrected chi connectivity index (χ0v) is 13.0. The van der Waals surface area contributed by atoms with Crippen LogP contribution >= 0.6 is 0 Å². The fourth-order valence-corrected chi connectivity index (χ4v) is 2.04. The largest absolute Gasteiger partial charge is 0.497 e. The quantitative estimate of drug-likeness (QED) is 0.391. The van der Waals surface area contributed by atoms with Gasteiger partial charge in [-0.15, -0.1) is 0 Å². The maximum Gasteiger partial charge on any atom is 0.118 e. The van der Waals surface area contributed by atoms with Gasteiger partial charge in [-0.05, 0) is 49.8 Å². The lowest BCUT2D eigenvalue weighted by Gasteiger charge is -2.00. The third-order valence-corrected chi connectivity index (χ3v) is 3.32. The van der Waals surface area contributed by atoms with E-state index in [0.29, 0.717) is 0 Å². The van der Waals surface area contributed by atoms with Crippen molar-refractivity contribution in [2.75, 3.05) is 7.11 Å². The maximum absolute atomic E-state index is 5.15. The second-order valence-corrected chi connectivity index (χ2v) is 5.07. The van der Waals surface area contributed by atoms with Crippen molar-refractivity contribution in [3.05, 3.63) is 54.1 Å². The van der Waals surface area contributed by atoms with Gasteiger partial charge < -0.3 is 4.74 Å². The zero-order chi connectivity index (χ0) is 14.5.